The number of rotatable bonds is 2. The number of fused-ring (bicyclic) bond motifs is 1. The minimum atomic E-state index is -0.563. The minimum absolute atomic E-state index is 0.0515. The molecule has 6 heteroatoms. The number of nitro groups is 1. The molecule has 0 radical (unpaired) electrons. The Kier molecular flexibility index (Phi) is 2.24. The number of benzene rings is 1. The van der Waals surface area contributed by atoms with Crippen LogP contribution in [0, 0.1) is 10.1 Å². The molecular weight excluding hydrogens is 222 g/mol. The minimum Gasteiger partial charge on any atom is -0.489 e. The molecule has 15 heavy (non-hydrogen) atoms. The van der Waals surface area contributed by atoms with Crippen LogP contribution in [0.4, 0.5) is 5.69 Å². The van der Waals surface area contributed by atoms with Gasteiger partial charge in [-0.05, 0) is 6.07 Å². The van der Waals surface area contributed by atoms with E-state index in [0.29, 0.717) is 11.0 Å². The molecule has 0 spiro atoms. The molecule has 0 aliphatic rings. The largest absolute Gasteiger partial charge is 0.489 e. The first kappa shape index (κ1) is 9.79. The van der Waals surface area contributed by atoms with Gasteiger partial charge in [0.05, 0.1) is 24.4 Å². The van der Waals surface area contributed by atoms with Crippen LogP contribution in [0.2, 0.25) is 5.02 Å². The Morgan fingerprint density at radius 2 is 2.33 bits per heavy atom. The van der Waals surface area contributed by atoms with Crippen LogP contribution in [0.15, 0.2) is 22.8 Å². The van der Waals surface area contributed by atoms with E-state index in [9.17, 15) is 10.1 Å². The monoisotopic (exact) mass is 227 g/mol. The van der Waals surface area contributed by atoms with Crippen LogP contribution in [0.1, 0.15) is 0 Å². The summed E-state index contributed by atoms with van der Waals surface area (Å²) >= 11 is 5.94. The molecule has 0 unspecified atom stereocenters. The van der Waals surface area contributed by atoms with Crippen LogP contribution in [0.5, 0.6) is 5.75 Å². The Bertz CT molecular complexity index is 534. The summed E-state index contributed by atoms with van der Waals surface area (Å²) in [4.78, 5) is 10.2. The molecule has 0 saturated carbocycles. The fraction of sp³-hybridized carbons (Fsp3) is 0.111. The summed E-state index contributed by atoms with van der Waals surface area (Å²) in [6, 6.07) is 2.92. The second-order valence-corrected chi connectivity index (χ2v) is 3.21. The summed E-state index contributed by atoms with van der Waals surface area (Å²) in [5.74, 6) is 0.0515. The Labute approximate surface area is 89.3 Å². The molecule has 0 fully saturated rings. The van der Waals surface area contributed by atoms with E-state index < -0.39 is 4.92 Å². The van der Waals surface area contributed by atoms with E-state index in [1.807, 2.05) is 0 Å². The molecule has 0 aliphatic heterocycles. The number of methoxy groups -OCH3 is 1. The summed E-state index contributed by atoms with van der Waals surface area (Å²) in [6.45, 7) is 0. The van der Waals surface area contributed by atoms with Crippen molar-refractivity contribution in [1.29, 1.82) is 0 Å². The van der Waals surface area contributed by atoms with Gasteiger partial charge in [-0.3, -0.25) is 10.1 Å². The number of hydrogen-bond donors (Lipinski definition) is 0. The standard InChI is InChI=1S/C9H6ClNO4/c1-14-9-6(11(12)13)4-7-5(8(9)10)2-3-15-7/h2-4H,1H3. The van der Waals surface area contributed by atoms with Crippen LogP contribution in [0.3, 0.4) is 0 Å². The Morgan fingerprint density at radius 1 is 1.60 bits per heavy atom. The molecule has 0 aliphatic carbocycles. The van der Waals surface area contributed by atoms with Gasteiger partial charge in [0.2, 0.25) is 5.75 Å². The Morgan fingerprint density at radius 3 is 2.93 bits per heavy atom. The highest BCUT2D eigenvalue weighted by Crippen LogP contribution is 2.40. The van der Waals surface area contributed by atoms with E-state index in [0.717, 1.165) is 0 Å². The lowest BCUT2D eigenvalue weighted by atomic mass is 10.2. The molecule has 2 rings (SSSR count). The fourth-order valence-corrected chi connectivity index (χ4v) is 1.70. The van der Waals surface area contributed by atoms with Gasteiger partial charge in [0.15, 0.2) is 0 Å². The highest BCUT2D eigenvalue weighted by molar-refractivity contribution is 6.37. The van der Waals surface area contributed by atoms with Crippen molar-refractivity contribution < 1.29 is 14.1 Å². The molecule has 0 saturated heterocycles. The highest BCUT2D eigenvalue weighted by atomic mass is 35.5. The van der Waals surface area contributed by atoms with Crippen LogP contribution in [-0.2, 0) is 0 Å². The number of nitrogens with zero attached hydrogens (tertiary/aromatic N) is 1. The van der Waals surface area contributed by atoms with Gasteiger partial charge in [0.1, 0.15) is 10.6 Å². The number of ether oxygens (including phenoxy) is 1. The zero-order chi connectivity index (χ0) is 11.0. The molecule has 1 heterocycles. The third-order valence-corrected chi connectivity index (χ3v) is 2.41. The third kappa shape index (κ3) is 1.41. The van der Waals surface area contributed by atoms with Crippen molar-refractivity contribution in [2.75, 3.05) is 7.11 Å². The van der Waals surface area contributed by atoms with Gasteiger partial charge in [-0.1, -0.05) is 11.6 Å². The Hall–Kier alpha value is -1.75. The van der Waals surface area contributed by atoms with Gasteiger partial charge in [0.25, 0.3) is 0 Å². The topological polar surface area (TPSA) is 65.5 Å². The molecule has 2 aromatic rings. The summed E-state index contributed by atoms with van der Waals surface area (Å²) < 4.78 is 9.94. The molecule has 5 nitrogen and oxygen atoms in total. The number of furan rings is 1. The van der Waals surface area contributed by atoms with E-state index >= 15 is 0 Å². The lowest BCUT2D eigenvalue weighted by Crippen LogP contribution is -1.94. The normalized spacial score (nSPS) is 10.5. The Balaban J connectivity index is 2.84. The first-order chi connectivity index (χ1) is 7.15. The highest BCUT2D eigenvalue weighted by Gasteiger charge is 2.22. The van der Waals surface area contributed by atoms with E-state index in [2.05, 4.69) is 0 Å². The van der Waals surface area contributed by atoms with Gasteiger partial charge < -0.3 is 9.15 Å². The van der Waals surface area contributed by atoms with Crippen molar-refractivity contribution >= 4 is 28.3 Å². The molecular formula is C9H6ClNO4. The van der Waals surface area contributed by atoms with Crippen molar-refractivity contribution in [1.82, 2.24) is 0 Å². The molecule has 1 aromatic carbocycles. The molecule has 0 amide bonds. The average molecular weight is 228 g/mol. The summed E-state index contributed by atoms with van der Waals surface area (Å²) in [5.41, 5.74) is 0.164. The molecule has 0 atom stereocenters. The second kappa shape index (κ2) is 3.43. The molecule has 1 aromatic heterocycles. The molecule has 0 bridgehead atoms. The van der Waals surface area contributed by atoms with Crippen molar-refractivity contribution in [3.8, 4) is 5.75 Å². The summed E-state index contributed by atoms with van der Waals surface area (Å²) in [5, 5.41) is 11.5. The first-order valence-electron chi connectivity index (χ1n) is 4.03. The maximum Gasteiger partial charge on any atom is 0.316 e. The fourth-order valence-electron chi connectivity index (χ4n) is 1.37. The van der Waals surface area contributed by atoms with Crippen LogP contribution >= 0.6 is 11.6 Å². The van der Waals surface area contributed by atoms with Gasteiger partial charge in [-0.25, -0.2) is 0 Å². The number of hydrogen-bond acceptors (Lipinski definition) is 4. The number of halogens is 1. The number of nitro benzene ring substituents is 1. The predicted molar refractivity (Wildman–Crippen MR) is 54.4 cm³/mol. The maximum atomic E-state index is 10.7. The summed E-state index contributed by atoms with van der Waals surface area (Å²) in [6.07, 6.45) is 1.42. The van der Waals surface area contributed by atoms with Crippen molar-refractivity contribution in [3.63, 3.8) is 0 Å². The van der Waals surface area contributed by atoms with Crippen molar-refractivity contribution in [2.24, 2.45) is 0 Å². The van der Waals surface area contributed by atoms with Gasteiger partial charge in [-0.2, -0.15) is 0 Å². The maximum absolute atomic E-state index is 10.7. The lowest BCUT2D eigenvalue weighted by Gasteiger charge is -2.03. The molecule has 78 valence electrons. The molecule has 0 N–H and O–H groups in total. The van der Waals surface area contributed by atoms with Crippen molar-refractivity contribution in [3.05, 3.63) is 33.5 Å². The quantitative estimate of drug-likeness (QED) is 0.584. The van der Waals surface area contributed by atoms with Gasteiger partial charge >= 0.3 is 5.69 Å². The van der Waals surface area contributed by atoms with Crippen LogP contribution < -0.4 is 4.74 Å². The van der Waals surface area contributed by atoms with Gasteiger partial charge in [0, 0.05) is 5.39 Å². The lowest BCUT2D eigenvalue weighted by molar-refractivity contribution is -0.385. The zero-order valence-corrected chi connectivity index (χ0v) is 8.45. The van der Waals surface area contributed by atoms with Gasteiger partial charge in [-0.15, -0.1) is 0 Å². The zero-order valence-electron chi connectivity index (χ0n) is 7.69. The average Bonchev–Trinajstić information content (AvgIpc) is 2.65. The van der Waals surface area contributed by atoms with Crippen LogP contribution in [0.25, 0.3) is 11.0 Å². The van der Waals surface area contributed by atoms with E-state index in [1.165, 1.54) is 19.4 Å². The van der Waals surface area contributed by atoms with Crippen molar-refractivity contribution in [2.45, 2.75) is 0 Å². The second-order valence-electron chi connectivity index (χ2n) is 2.83. The van der Waals surface area contributed by atoms with E-state index in [-0.39, 0.29) is 16.5 Å². The third-order valence-electron chi connectivity index (χ3n) is 2.03. The van der Waals surface area contributed by atoms with E-state index in [4.69, 9.17) is 20.8 Å². The predicted octanol–water partition coefficient (Wildman–Crippen LogP) is 3.00. The first-order valence-corrected chi connectivity index (χ1v) is 4.41. The van der Waals surface area contributed by atoms with E-state index in [1.54, 1.807) is 6.07 Å². The van der Waals surface area contributed by atoms with Crippen LogP contribution in [-0.4, -0.2) is 12.0 Å². The SMILES string of the molecule is COc1c([N+](=O)[O-])cc2occc2c1Cl. The summed E-state index contributed by atoms with van der Waals surface area (Å²) in [7, 11) is 1.33. The smallest absolute Gasteiger partial charge is 0.316 e.